The molecule has 1 aromatic rings. The zero-order chi connectivity index (χ0) is 15.7. The van der Waals surface area contributed by atoms with Gasteiger partial charge < -0.3 is 24.8 Å². The number of hydrogen-bond donors (Lipinski definition) is 1. The maximum atomic E-state index is 12.4. The van der Waals surface area contributed by atoms with Crippen LogP contribution in [0.2, 0.25) is 0 Å². The molecule has 7 heteroatoms. The van der Waals surface area contributed by atoms with Gasteiger partial charge in [0.25, 0.3) is 0 Å². The predicted octanol–water partition coefficient (Wildman–Crippen LogP) is 1.28. The number of rotatable bonds is 2. The van der Waals surface area contributed by atoms with Crippen LogP contribution in [-0.4, -0.2) is 73.1 Å². The van der Waals surface area contributed by atoms with Crippen molar-refractivity contribution in [3.8, 4) is 5.75 Å². The summed E-state index contributed by atoms with van der Waals surface area (Å²) < 4.78 is 5.15. The molecule has 118 valence electrons. The van der Waals surface area contributed by atoms with Crippen LogP contribution in [0.25, 0.3) is 0 Å². The van der Waals surface area contributed by atoms with Gasteiger partial charge in [-0.1, -0.05) is 6.07 Å². The van der Waals surface area contributed by atoms with E-state index in [1.807, 2.05) is 23.1 Å². The van der Waals surface area contributed by atoms with E-state index < -0.39 is 0 Å². The molecule has 2 aliphatic rings. The number of carbonyl (C=O) groups excluding carboxylic acids is 2. The summed E-state index contributed by atoms with van der Waals surface area (Å²) >= 11 is 0. The van der Waals surface area contributed by atoms with E-state index in [1.165, 1.54) is 0 Å². The zero-order valence-electron chi connectivity index (χ0n) is 12.8. The van der Waals surface area contributed by atoms with Crippen LogP contribution in [0, 0.1) is 0 Å². The van der Waals surface area contributed by atoms with E-state index in [1.54, 1.807) is 30.0 Å². The monoisotopic (exact) mass is 304 g/mol. The molecule has 2 aliphatic heterocycles. The van der Waals surface area contributed by atoms with E-state index in [0.717, 1.165) is 0 Å². The Morgan fingerprint density at radius 3 is 2.91 bits per heavy atom. The van der Waals surface area contributed by atoms with E-state index in [4.69, 9.17) is 4.74 Å². The first-order valence-electron chi connectivity index (χ1n) is 7.30. The molecular formula is C15H20N4O3. The number of likely N-dealkylation sites (N-methyl/N-ethyl adjacent to an activating group) is 1. The van der Waals surface area contributed by atoms with Crippen LogP contribution in [0.3, 0.4) is 0 Å². The lowest BCUT2D eigenvalue weighted by Gasteiger charge is -2.36. The Morgan fingerprint density at radius 2 is 2.14 bits per heavy atom. The summed E-state index contributed by atoms with van der Waals surface area (Å²) in [5.74, 6) is 0.700. The molecule has 4 amide bonds. The molecule has 22 heavy (non-hydrogen) atoms. The molecule has 0 saturated carbocycles. The van der Waals surface area contributed by atoms with Crippen LogP contribution in [0.5, 0.6) is 5.75 Å². The first-order valence-corrected chi connectivity index (χ1v) is 7.30. The minimum Gasteiger partial charge on any atom is -0.497 e. The largest absolute Gasteiger partial charge is 0.497 e. The van der Waals surface area contributed by atoms with Gasteiger partial charge in [-0.2, -0.15) is 0 Å². The van der Waals surface area contributed by atoms with E-state index >= 15 is 0 Å². The zero-order valence-corrected chi connectivity index (χ0v) is 12.8. The number of hydrogen-bond acceptors (Lipinski definition) is 3. The third kappa shape index (κ3) is 2.66. The minimum absolute atomic E-state index is 0.0536. The van der Waals surface area contributed by atoms with E-state index in [9.17, 15) is 9.59 Å². The first kappa shape index (κ1) is 14.5. The Labute approximate surface area is 129 Å². The number of methoxy groups -OCH3 is 1. The smallest absolute Gasteiger partial charge is 0.321 e. The Bertz CT molecular complexity index is 592. The molecule has 1 unspecified atom stereocenters. The molecule has 0 aromatic heterocycles. The number of fused-ring (bicyclic) bond motifs is 1. The summed E-state index contributed by atoms with van der Waals surface area (Å²) in [7, 11) is 3.38. The fourth-order valence-electron chi connectivity index (χ4n) is 2.96. The molecule has 2 fully saturated rings. The van der Waals surface area contributed by atoms with Crippen LogP contribution in [0.15, 0.2) is 24.3 Å². The van der Waals surface area contributed by atoms with Crippen molar-refractivity contribution in [1.82, 2.24) is 14.7 Å². The first-order chi connectivity index (χ1) is 10.6. The highest BCUT2D eigenvalue weighted by Gasteiger charge is 2.39. The van der Waals surface area contributed by atoms with Crippen molar-refractivity contribution in [2.45, 2.75) is 6.04 Å². The van der Waals surface area contributed by atoms with Gasteiger partial charge in [0.2, 0.25) is 0 Å². The minimum atomic E-state index is -0.144. The Morgan fingerprint density at radius 1 is 1.32 bits per heavy atom. The van der Waals surface area contributed by atoms with Gasteiger partial charge in [-0.3, -0.25) is 0 Å². The van der Waals surface area contributed by atoms with Gasteiger partial charge in [0.1, 0.15) is 5.75 Å². The summed E-state index contributed by atoms with van der Waals surface area (Å²) in [6, 6.07) is 7.26. The van der Waals surface area contributed by atoms with Crippen LogP contribution >= 0.6 is 0 Å². The number of nitrogens with zero attached hydrogens (tertiary/aromatic N) is 3. The number of piperazine rings is 1. The fraction of sp³-hybridized carbons (Fsp3) is 0.467. The highest BCUT2D eigenvalue weighted by atomic mass is 16.5. The van der Waals surface area contributed by atoms with E-state index in [-0.39, 0.29) is 18.1 Å². The second-order valence-corrected chi connectivity index (χ2v) is 5.62. The highest BCUT2D eigenvalue weighted by Crippen LogP contribution is 2.21. The molecule has 0 aliphatic carbocycles. The Hall–Kier alpha value is -2.44. The number of anilines is 1. The summed E-state index contributed by atoms with van der Waals surface area (Å²) in [4.78, 5) is 29.6. The van der Waals surface area contributed by atoms with Gasteiger partial charge in [0.15, 0.2) is 0 Å². The second kappa shape index (κ2) is 5.75. The molecule has 0 spiro atoms. The summed E-state index contributed by atoms with van der Waals surface area (Å²) in [6.07, 6.45) is 0. The molecule has 2 heterocycles. The number of nitrogens with one attached hydrogen (secondary N) is 1. The Kier molecular flexibility index (Phi) is 3.79. The molecule has 2 saturated heterocycles. The fourth-order valence-corrected chi connectivity index (χ4v) is 2.96. The molecule has 1 N–H and O–H groups in total. The lowest BCUT2D eigenvalue weighted by Crippen LogP contribution is -2.54. The van der Waals surface area contributed by atoms with Gasteiger partial charge in [0.05, 0.1) is 13.2 Å². The second-order valence-electron chi connectivity index (χ2n) is 5.62. The number of ether oxygens (including phenoxy) is 1. The van der Waals surface area contributed by atoms with Crippen molar-refractivity contribution >= 4 is 17.7 Å². The summed E-state index contributed by atoms with van der Waals surface area (Å²) in [5.41, 5.74) is 0.700. The van der Waals surface area contributed by atoms with Gasteiger partial charge in [-0.05, 0) is 12.1 Å². The predicted molar refractivity (Wildman–Crippen MR) is 82.1 cm³/mol. The van der Waals surface area contributed by atoms with Crippen LogP contribution in [0.4, 0.5) is 15.3 Å². The third-order valence-electron chi connectivity index (χ3n) is 4.15. The van der Waals surface area contributed by atoms with Crippen LogP contribution in [0.1, 0.15) is 0 Å². The van der Waals surface area contributed by atoms with Crippen molar-refractivity contribution in [2.75, 3.05) is 45.7 Å². The van der Waals surface area contributed by atoms with Crippen molar-refractivity contribution < 1.29 is 14.3 Å². The Balaban J connectivity index is 1.63. The normalized spacial score (nSPS) is 20.9. The molecule has 1 aromatic carbocycles. The number of benzene rings is 1. The van der Waals surface area contributed by atoms with Gasteiger partial charge >= 0.3 is 12.1 Å². The average molecular weight is 304 g/mol. The van der Waals surface area contributed by atoms with E-state index in [0.29, 0.717) is 37.6 Å². The van der Waals surface area contributed by atoms with Gasteiger partial charge in [-0.25, -0.2) is 9.59 Å². The molecular weight excluding hydrogens is 284 g/mol. The van der Waals surface area contributed by atoms with Crippen LogP contribution in [-0.2, 0) is 0 Å². The van der Waals surface area contributed by atoms with Crippen molar-refractivity contribution in [3.05, 3.63) is 24.3 Å². The van der Waals surface area contributed by atoms with Crippen molar-refractivity contribution in [2.24, 2.45) is 0 Å². The number of amides is 4. The average Bonchev–Trinajstić information content (AvgIpc) is 2.81. The lowest BCUT2D eigenvalue weighted by molar-refractivity contribution is 0.135. The maximum Gasteiger partial charge on any atom is 0.321 e. The lowest BCUT2D eigenvalue weighted by atomic mass is 10.2. The van der Waals surface area contributed by atoms with Gasteiger partial charge in [-0.15, -0.1) is 0 Å². The summed E-state index contributed by atoms with van der Waals surface area (Å²) in [5, 5.41) is 2.88. The molecule has 7 nitrogen and oxygen atoms in total. The topological polar surface area (TPSA) is 65.1 Å². The quantitative estimate of drug-likeness (QED) is 0.895. The van der Waals surface area contributed by atoms with Crippen molar-refractivity contribution in [3.63, 3.8) is 0 Å². The van der Waals surface area contributed by atoms with Gasteiger partial charge in [0, 0.05) is 45.0 Å². The molecule has 0 radical (unpaired) electrons. The van der Waals surface area contributed by atoms with E-state index in [2.05, 4.69) is 5.32 Å². The number of carbonyl (C=O) groups is 2. The molecule has 1 atom stereocenters. The standard InChI is InChI=1S/C15H20N4O3/c1-17-9-12-10-18(6-7-19(12)15(17)21)14(20)16-11-4-3-5-13(8-11)22-2/h3-5,8,12H,6-7,9-10H2,1-2H3,(H,16,20). The SMILES string of the molecule is COc1cccc(NC(=O)N2CCN3C(=O)N(C)CC3C2)c1. The summed E-state index contributed by atoms with van der Waals surface area (Å²) in [6.45, 7) is 2.36. The molecule has 0 bridgehead atoms. The van der Waals surface area contributed by atoms with Crippen molar-refractivity contribution in [1.29, 1.82) is 0 Å². The molecule has 3 rings (SSSR count). The van der Waals surface area contributed by atoms with Crippen LogP contribution < -0.4 is 10.1 Å². The number of urea groups is 2. The highest BCUT2D eigenvalue weighted by molar-refractivity contribution is 5.90. The third-order valence-corrected chi connectivity index (χ3v) is 4.15. The maximum absolute atomic E-state index is 12.4.